The lowest BCUT2D eigenvalue weighted by atomic mass is 10.0. The lowest BCUT2D eigenvalue weighted by molar-refractivity contribution is 0.0931. The minimum Gasteiger partial charge on any atom is -0.356 e. The summed E-state index contributed by atoms with van der Waals surface area (Å²) in [6, 6.07) is 13.0. The zero-order chi connectivity index (χ0) is 20.2. The van der Waals surface area contributed by atoms with Crippen LogP contribution in [0.2, 0.25) is 0 Å². The number of amides is 1. The predicted octanol–water partition coefficient (Wildman–Crippen LogP) is 2.71. The van der Waals surface area contributed by atoms with Gasteiger partial charge in [0.2, 0.25) is 11.7 Å². The van der Waals surface area contributed by atoms with Gasteiger partial charge in [-0.1, -0.05) is 17.3 Å². The molecule has 2 aromatic heterocycles. The van der Waals surface area contributed by atoms with Crippen molar-refractivity contribution in [1.29, 1.82) is 5.26 Å². The highest BCUT2D eigenvalue weighted by molar-refractivity contribution is 5.95. The topological polar surface area (TPSA) is 108 Å². The van der Waals surface area contributed by atoms with Crippen LogP contribution >= 0.6 is 0 Å². The average Bonchev–Trinajstić information content (AvgIpc) is 3.21. The molecule has 8 nitrogen and oxygen atoms in total. The standard InChI is InChI=1S/C21H20N6O2/c1-14-24-20(26-29-14)16-3-2-4-17(11-16)21(28)25-18-7-9-27(10-8-18)19-6-5-15(12-22)13-23-19/h2-6,11,13,18H,7-10H2,1H3,(H,25,28). The molecule has 1 amide bonds. The molecule has 0 aliphatic carbocycles. The lowest BCUT2D eigenvalue weighted by Gasteiger charge is -2.33. The van der Waals surface area contributed by atoms with Gasteiger partial charge in [0.25, 0.3) is 5.91 Å². The summed E-state index contributed by atoms with van der Waals surface area (Å²) in [5, 5.41) is 15.9. The fourth-order valence-electron chi connectivity index (χ4n) is 3.38. The van der Waals surface area contributed by atoms with E-state index in [9.17, 15) is 4.79 Å². The van der Waals surface area contributed by atoms with E-state index in [0.717, 1.165) is 37.3 Å². The van der Waals surface area contributed by atoms with Gasteiger partial charge in [0.1, 0.15) is 11.9 Å². The molecule has 0 radical (unpaired) electrons. The van der Waals surface area contributed by atoms with E-state index in [1.807, 2.05) is 18.2 Å². The highest BCUT2D eigenvalue weighted by Gasteiger charge is 2.22. The van der Waals surface area contributed by atoms with Gasteiger partial charge < -0.3 is 14.7 Å². The van der Waals surface area contributed by atoms with Gasteiger partial charge in [-0.2, -0.15) is 10.2 Å². The first-order valence-electron chi connectivity index (χ1n) is 9.45. The van der Waals surface area contributed by atoms with E-state index in [0.29, 0.717) is 22.8 Å². The highest BCUT2D eigenvalue weighted by Crippen LogP contribution is 2.20. The van der Waals surface area contributed by atoms with Crippen LogP contribution in [-0.4, -0.2) is 40.2 Å². The maximum atomic E-state index is 12.7. The Morgan fingerprint density at radius 1 is 1.28 bits per heavy atom. The smallest absolute Gasteiger partial charge is 0.251 e. The van der Waals surface area contributed by atoms with Gasteiger partial charge in [-0.15, -0.1) is 0 Å². The van der Waals surface area contributed by atoms with Crippen molar-refractivity contribution in [2.45, 2.75) is 25.8 Å². The Balaban J connectivity index is 1.36. The van der Waals surface area contributed by atoms with Crippen LogP contribution < -0.4 is 10.2 Å². The monoisotopic (exact) mass is 388 g/mol. The van der Waals surface area contributed by atoms with E-state index >= 15 is 0 Å². The van der Waals surface area contributed by atoms with Crippen molar-refractivity contribution in [2.24, 2.45) is 0 Å². The van der Waals surface area contributed by atoms with Gasteiger partial charge in [0.05, 0.1) is 5.56 Å². The number of aromatic nitrogens is 3. The fourth-order valence-corrected chi connectivity index (χ4v) is 3.38. The minimum absolute atomic E-state index is 0.105. The largest absolute Gasteiger partial charge is 0.356 e. The number of hydrogen-bond donors (Lipinski definition) is 1. The first-order chi connectivity index (χ1) is 14.1. The minimum atomic E-state index is -0.109. The second kappa shape index (κ2) is 8.10. The third kappa shape index (κ3) is 4.24. The number of nitriles is 1. The Morgan fingerprint density at radius 3 is 2.76 bits per heavy atom. The Hall–Kier alpha value is -3.73. The summed E-state index contributed by atoms with van der Waals surface area (Å²) in [5.74, 6) is 1.71. The summed E-state index contributed by atoms with van der Waals surface area (Å²) >= 11 is 0. The van der Waals surface area contributed by atoms with Crippen molar-refractivity contribution < 1.29 is 9.32 Å². The molecule has 1 aliphatic rings. The third-order valence-electron chi connectivity index (χ3n) is 4.94. The summed E-state index contributed by atoms with van der Waals surface area (Å²) in [6.07, 6.45) is 3.25. The summed E-state index contributed by atoms with van der Waals surface area (Å²) < 4.78 is 5.01. The molecule has 1 aromatic carbocycles. The quantitative estimate of drug-likeness (QED) is 0.732. The number of hydrogen-bond acceptors (Lipinski definition) is 7. The SMILES string of the molecule is Cc1nc(-c2cccc(C(=O)NC3CCN(c4ccc(C#N)cn4)CC3)c2)no1. The van der Waals surface area contributed by atoms with Gasteiger partial charge >= 0.3 is 0 Å². The second-order valence-corrected chi connectivity index (χ2v) is 6.97. The van der Waals surface area contributed by atoms with Crippen LogP contribution in [0.15, 0.2) is 47.1 Å². The molecule has 0 saturated carbocycles. The van der Waals surface area contributed by atoms with Crippen LogP contribution in [0.4, 0.5) is 5.82 Å². The van der Waals surface area contributed by atoms with E-state index < -0.39 is 0 Å². The summed E-state index contributed by atoms with van der Waals surface area (Å²) in [5.41, 5.74) is 1.87. The molecule has 0 bridgehead atoms. The molecular formula is C21H20N6O2. The molecule has 0 unspecified atom stereocenters. The zero-order valence-electron chi connectivity index (χ0n) is 16.0. The molecular weight excluding hydrogens is 368 g/mol. The normalized spacial score (nSPS) is 14.4. The molecule has 1 saturated heterocycles. The highest BCUT2D eigenvalue weighted by atomic mass is 16.5. The molecule has 1 aliphatic heterocycles. The molecule has 0 atom stereocenters. The van der Waals surface area contributed by atoms with E-state index in [2.05, 4.69) is 31.4 Å². The zero-order valence-corrected chi connectivity index (χ0v) is 16.0. The number of nitrogens with zero attached hydrogens (tertiary/aromatic N) is 5. The molecule has 8 heteroatoms. The molecule has 0 spiro atoms. The van der Waals surface area contributed by atoms with Crippen molar-refractivity contribution in [3.05, 3.63) is 59.6 Å². The first kappa shape index (κ1) is 18.6. The summed E-state index contributed by atoms with van der Waals surface area (Å²) in [6.45, 7) is 3.32. The maximum absolute atomic E-state index is 12.7. The molecule has 3 aromatic rings. The molecule has 146 valence electrons. The number of piperidine rings is 1. The molecule has 1 N–H and O–H groups in total. The van der Waals surface area contributed by atoms with Crippen molar-refractivity contribution in [3.8, 4) is 17.5 Å². The van der Waals surface area contributed by atoms with Crippen LogP contribution in [0, 0.1) is 18.3 Å². The number of benzene rings is 1. The van der Waals surface area contributed by atoms with Gasteiger partial charge in [-0.05, 0) is 37.1 Å². The summed E-state index contributed by atoms with van der Waals surface area (Å²) in [7, 11) is 0. The van der Waals surface area contributed by atoms with E-state index in [1.165, 1.54) is 0 Å². The lowest BCUT2D eigenvalue weighted by Crippen LogP contribution is -2.45. The van der Waals surface area contributed by atoms with Gasteiger partial charge in [-0.25, -0.2) is 4.98 Å². The Bertz CT molecular complexity index is 1050. The van der Waals surface area contributed by atoms with E-state index in [-0.39, 0.29) is 11.9 Å². The number of aryl methyl sites for hydroxylation is 1. The van der Waals surface area contributed by atoms with Crippen LogP contribution in [0.3, 0.4) is 0 Å². The Kier molecular flexibility index (Phi) is 5.20. The van der Waals surface area contributed by atoms with Gasteiger partial charge in [0.15, 0.2) is 0 Å². The van der Waals surface area contributed by atoms with Gasteiger partial charge in [0, 0.05) is 43.4 Å². The molecule has 4 rings (SSSR count). The fraction of sp³-hybridized carbons (Fsp3) is 0.286. The van der Waals surface area contributed by atoms with Crippen molar-refractivity contribution in [2.75, 3.05) is 18.0 Å². The first-order valence-corrected chi connectivity index (χ1v) is 9.45. The summed E-state index contributed by atoms with van der Waals surface area (Å²) in [4.78, 5) is 23.4. The van der Waals surface area contributed by atoms with E-state index in [4.69, 9.17) is 9.78 Å². The van der Waals surface area contributed by atoms with Gasteiger partial charge in [-0.3, -0.25) is 4.79 Å². The number of rotatable bonds is 4. The van der Waals surface area contributed by atoms with Crippen LogP contribution in [0.1, 0.15) is 34.7 Å². The molecule has 29 heavy (non-hydrogen) atoms. The second-order valence-electron chi connectivity index (χ2n) is 6.97. The van der Waals surface area contributed by atoms with Crippen LogP contribution in [-0.2, 0) is 0 Å². The Morgan fingerprint density at radius 2 is 2.10 bits per heavy atom. The number of pyridine rings is 1. The predicted molar refractivity (Wildman–Crippen MR) is 106 cm³/mol. The maximum Gasteiger partial charge on any atom is 0.251 e. The third-order valence-corrected chi connectivity index (χ3v) is 4.94. The van der Waals surface area contributed by atoms with Crippen LogP contribution in [0.25, 0.3) is 11.4 Å². The Labute approximate surface area is 168 Å². The molecule has 1 fully saturated rings. The van der Waals surface area contributed by atoms with Crippen molar-refractivity contribution in [3.63, 3.8) is 0 Å². The van der Waals surface area contributed by atoms with Crippen LogP contribution in [0.5, 0.6) is 0 Å². The average molecular weight is 388 g/mol. The number of nitrogens with one attached hydrogen (secondary N) is 1. The van der Waals surface area contributed by atoms with Crippen molar-refractivity contribution in [1.82, 2.24) is 20.4 Å². The van der Waals surface area contributed by atoms with E-state index in [1.54, 1.807) is 31.3 Å². The number of carbonyl (C=O) groups is 1. The van der Waals surface area contributed by atoms with Crippen molar-refractivity contribution >= 4 is 11.7 Å². The number of carbonyl (C=O) groups excluding carboxylic acids is 1. The molecule has 3 heterocycles. The number of anilines is 1.